The molecule has 5 heteroatoms. The Bertz CT molecular complexity index is 583. The van der Waals surface area contributed by atoms with Crippen LogP contribution in [0.4, 0.5) is 0 Å². The van der Waals surface area contributed by atoms with Crippen molar-refractivity contribution in [2.75, 3.05) is 7.11 Å². The van der Waals surface area contributed by atoms with E-state index in [0.29, 0.717) is 0 Å². The summed E-state index contributed by atoms with van der Waals surface area (Å²) in [5.41, 5.74) is 1.69. The van der Waals surface area contributed by atoms with Crippen molar-refractivity contribution < 1.29 is 4.74 Å². The lowest BCUT2D eigenvalue weighted by molar-refractivity contribution is 0.415. The number of fused-ring (bicyclic) bond motifs is 1. The van der Waals surface area contributed by atoms with Gasteiger partial charge in [-0.1, -0.05) is 0 Å². The second kappa shape index (κ2) is 3.41. The Balaban J connectivity index is 2.98. The topological polar surface area (TPSA) is 36.2 Å². The molecule has 0 fully saturated rings. The van der Waals surface area contributed by atoms with Crippen molar-refractivity contribution in [3.63, 3.8) is 0 Å². The van der Waals surface area contributed by atoms with E-state index in [2.05, 4.69) is 15.9 Å². The molecule has 0 amide bonds. The van der Waals surface area contributed by atoms with E-state index in [4.69, 9.17) is 4.74 Å². The molecule has 2 rings (SSSR count). The molecule has 1 aromatic heterocycles. The van der Waals surface area contributed by atoms with Gasteiger partial charge in [-0.25, -0.2) is 4.79 Å². The molecule has 80 valence electrons. The van der Waals surface area contributed by atoms with Crippen molar-refractivity contribution in [3.8, 4) is 5.75 Å². The molecule has 0 saturated carbocycles. The molecule has 0 aliphatic rings. The van der Waals surface area contributed by atoms with Crippen molar-refractivity contribution >= 4 is 27.0 Å². The third-order valence-corrected chi connectivity index (χ3v) is 3.13. The summed E-state index contributed by atoms with van der Waals surface area (Å²) in [5, 5.41) is 0. The normalized spacial score (nSPS) is 10.9. The smallest absolute Gasteiger partial charge is 0.328 e. The molecule has 2 aromatic rings. The number of rotatable bonds is 1. The summed E-state index contributed by atoms with van der Waals surface area (Å²) >= 11 is 3.43. The number of aryl methyl sites for hydroxylation is 2. The van der Waals surface area contributed by atoms with E-state index in [1.807, 2.05) is 12.1 Å². The van der Waals surface area contributed by atoms with E-state index in [1.54, 1.807) is 30.3 Å². The molecule has 0 radical (unpaired) electrons. The predicted molar refractivity (Wildman–Crippen MR) is 62.4 cm³/mol. The van der Waals surface area contributed by atoms with Crippen LogP contribution in [0.1, 0.15) is 0 Å². The third-order valence-electron chi connectivity index (χ3n) is 2.52. The van der Waals surface area contributed by atoms with Crippen LogP contribution in [0.25, 0.3) is 11.0 Å². The van der Waals surface area contributed by atoms with Gasteiger partial charge < -0.3 is 4.74 Å². The molecular weight excluding hydrogens is 260 g/mol. The van der Waals surface area contributed by atoms with Crippen molar-refractivity contribution in [2.45, 2.75) is 0 Å². The summed E-state index contributed by atoms with van der Waals surface area (Å²) in [6.07, 6.45) is 0. The maximum atomic E-state index is 11.7. The summed E-state index contributed by atoms with van der Waals surface area (Å²) in [4.78, 5) is 11.7. The van der Waals surface area contributed by atoms with Crippen molar-refractivity contribution in [1.29, 1.82) is 0 Å². The van der Waals surface area contributed by atoms with Gasteiger partial charge in [-0.3, -0.25) is 9.13 Å². The van der Waals surface area contributed by atoms with Crippen LogP contribution < -0.4 is 10.4 Å². The van der Waals surface area contributed by atoms with Crippen LogP contribution in [-0.4, -0.2) is 16.2 Å². The highest BCUT2D eigenvalue weighted by Crippen LogP contribution is 2.28. The Hall–Kier alpha value is -1.23. The van der Waals surface area contributed by atoms with E-state index in [1.165, 1.54) is 0 Å². The number of ether oxygens (including phenoxy) is 1. The monoisotopic (exact) mass is 270 g/mol. The maximum absolute atomic E-state index is 11.7. The number of halogens is 1. The zero-order valence-corrected chi connectivity index (χ0v) is 10.3. The fraction of sp³-hybridized carbons (Fsp3) is 0.300. The Morgan fingerprint density at radius 3 is 2.53 bits per heavy atom. The average Bonchev–Trinajstić information content (AvgIpc) is 2.44. The van der Waals surface area contributed by atoms with Crippen LogP contribution in [0, 0.1) is 0 Å². The van der Waals surface area contributed by atoms with Crippen LogP contribution >= 0.6 is 15.9 Å². The zero-order valence-electron chi connectivity index (χ0n) is 8.74. The van der Waals surface area contributed by atoms with Gasteiger partial charge in [0, 0.05) is 24.6 Å². The molecule has 15 heavy (non-hydrogen) atoms. The fourth-order valence-corrected chi connectivity index (χ4v) is 2.38. The molecule has 0 unspecified atom stereocenters. The van der Waals surface area contributed by atoms with Crippen LogP contribution in [0.2, 0.25) is 0 Å². The minimum atomic E-state index is -0.0426. The summed E-state index contributed by atoms with van der Waals surface area (Å²) in [6.45, 7) is 0. The Morgan fingerprint density at radius 1 is 1.27 bits per heavy atom. The SMILES string of the molecule is COc1cc(Br)c2c(c1)n(C)c(=O)n2C. The maximum Gasteiger partial charge on any atom is 0.328 e. The second-order valence-electron chi connectivity index (χ2n) is 3.38. The van der Waals surface area contributed by atoms with Crippen LogP contribution in [-0.2, 0) is 14.1 Å². The van der Waals surface area contributed by atoms with E-state index in [9.17, 15) is 4.79 Å². The highest BCUT2D eigenvalue weighted by atomic mass is 79.9. The van der Waals surface area contributed by atoms with Gasteiger partial charge >= 0.3 is 5.69 Å². The summed E-state index contributed by atoms with van der Waals surface area (Å²) in [5.74, 6) is 0.732. The van der Waals surface area contributed by atoms with Gasteiger partial charge in [0.1, 0.15) is 5.75 Å². The number of hydrogen-bond donors (Lipinski definition) is 0. The van der Waals surface area contributed by atoms with Gasteiger partial charge in [-0.2, -0.15) is 0 Å². The van der Waals surface area contributed by atoms with Gasteiger partial charge in [0.15, 0.2) is 0 Å². The zero-order chi connectivity index (χ0) is 11.2. The first kappa shape index (κ1) is 10.3. The molecule has 4 nitrogen and oxygen atoms in total. The lowest BCUT2D eigenvalue weighted by Crippen LogP contribution is -2.19. The first-order valence-electron chi connectivity index (χ1n) is 4.45. The predicted octanol–water partition coefficient (Wildman–Crippen LogP) is 1.65. The molecule has 0 aliphatic heterocycles. The summed E-state index contributed by atoms with van der Waals surface area (Å²) in [7, 11) is 5.10. The van der Waals surface area contributed by atoms with Crippen molar-refractivity contribution in [1.82, 2.24) is 9.13 Å². The quantitative estimate of drug-likeness (QED) is 0.790. The van der Waals surface area contributed by atoms with Gasteiger partial charge in [0.05, 0.1) is 18.1 Å². The van der Waals surface area contributed by atoms with Crippen LogP contribution in [0.3, 0.4) is 0 Å². The van der Waals surface area contributed by atoms with E-state index in [0.717, 1.165) is 21.3 Å². The fourth-order valence-electron chi connectivity index (χ4n) is 1.69. The minimum absolute atomic E-state index is 0.0426. The lowest BCUT2D eigenvalue weighted by Gasteiger charge is -2.03. The number of nitrogens with zero attached hydrogens (tertiary/aromatic N) is 2. The molecule has 0 aliphatic carbocycles. The van der Waals surface area contributed by atoms with Gasteiger partial charge in [0.25, 0.3) is 0 Å². The van der Waals surface area contributed by atoms with Gasteiger partial charge in [-0.05, 0) is 22.0 Å². The molecular formula is C10H11BrN2O2. The number of hydrogen-bond acceptors (Lipinski definition) is 2. The summed E-state index contributed by atoms with van der Waals surface area (Å²) < 4.78 is 9.22. The summed E-state index contributed by atoms with van der Waals surface area (Å²) in [6, 6.07) is 3.70. The largest absolute Gasteiger partial charge is 0.497 e. The average molecular weight is 271 g/mol. The number of methoxy groups -OCH3 is 1. The number of benzene rings is 1. The van der Waals surface area contributed by atoms with Gasteiger partial charge in [0.2, 0.25) is 0 Å². The third kappa shape index (κ3) is 1.38. The second-order valence-corrected chi connectivity index (χ2v) is 4.23. The number of imidazole rings is 1. The van der Waals surface area contributed by atoms with Crippen molar-refractivity contribution in [3.05, 3.63) is 27.1 Å². The Kier molecular flexibility index (Phi) is 2.34. The molecule has 0 bridgehead atoms. The van der Waals surface area contributed by atoms with E-state index < -0.39 is 0 Å². The molecule has 1 aromatic carbocycles. The van der Waals surface area contributed by atoms with Crippen molar-refractivity contribution in [2.24, 2.45) is 14.1 Å². The molecule has 0 N–H and O–H groups in total. The first-order chi connectivity index (χ1) is 7.06. The Morgan fingerprint density at radius 2 is 1.93 bits per heavy atom. The molecule has 1 heterocycles. The molecule has 0 spiro atoms. The highest BCUT2D eigenvalue weighted by Gasteiger charge is 2.12. The highest BCUT2D eigenvalue weighted by molar-refractivity contribution is 9.10. The first-order valence-corrected chi connectivity index (χ1v) is 5.24. The van der Waals surface area contributed by atoms with Crippen LogP contribution in [0.5, 0.6) is 5.75 Å². The number of aromatic nitrogens is 2. The van der Waals surface area contributed by atoms with Crippen LogP contribution in [0.15, 0.2) is 21.4 Å². The molecule has 0 atom stereocenters. The molecule has 0 saturated heterocycles. The van der Waals surface area contributed by atoms with E-state index in [-0.39, 0.29) is 5.69 Å². The van der Waals surface area contributed by atoms with E-state index >= 15 is 0 Å². The Labute approximate surface area is 95.2 Å². The van der Waals surface area contributed by atoms with Gasteiger partial charge in [-0.15, -0.1) is 0 Å². The minimum Gasteiger partial charge on any atom is -0.497 e. The lowest BCUT2D eigenvalue weighted by atomic mass is 10.3. The standard InChI is InChI=1S/C10H11BrN2O2/c1-12-8-5-6(15-3)4-7(11)9(8)13(2)10(12)14/h4-5H,1-3H3.